The molecule has 76 valence electrons. The van der Waals surface area contributed by atoms with E-state index in [4.69, 9.17) is 16.3 Å². The second kappa shape index (κ2) is 4.42. The smallest absolute Gasteiger partial charge is 0.160 e. The van der Waals surface area contributed by atoms with Crippen LogP contribution in [0, 0.1) is 0 Å². The van der Waals surface area contributed by atoms with Crippen LogP contribution in [0.2, 0.25) is 5.02 Å². The van der Waals surface area contributed by atoms with Crippen LogP contribution in [0.5, 0.6) is 11.5 Å². The average molecular weight is 240 g/mol. The summed E-state index contributed by atoms with van der Waals surface area (Å²) < 4.78 is 5.45. The van der Waals surface area contributed by atoms with E-state index in [1.807, 2.05) is 0 Å². The molecule has 2 rings (SSSR count). The number of carbonyl (C=O) groups is 1. The van der Waals surface area contributed by atoms with Crippen molar-refractivity contribution in [2.45, 2.75) is 0 Å². The molecule has 0 unspecified atom stereocenters. The van der Waals surface area contributed by atoms with Crippen molar-refractivity contribution in [3.05, 3.63) is 39.8 Å². The van der Waals surface area contributed by atoms with Crippen LogP contribution in [-0.4, -0.2) is 11.3 Å². The van der Waals surface area contributed by atoms with Crippen LogP contribution in [0.1, 0.15) is 9.67 Å². The summed E-state index contributed by atoms with van der Waals surface area (Å²) in [6.07, 6.45) is 3.87. The van der Waals surface area contributed by atoms with E-state index >= 15 is 0 Å². The topological polar surface area (TPSA) is 39.2 Å². The van der Waals surface area contributed by atoms with Crippen molar-refractivity contribution in [3.63, 3.8) is 0 Å². The Morgan fingerprint density at radius 3 is 2.87 bits per heavy atom. The van der Waals surface area contributed by atoms with E-state index in [-0.39, 0.29) is 0 Å². The second-order valence-electron chi connectivity index (χ2n) is 2.74. The molecule has 5 heteroatoms. The molecule has 0 radical (unpaired) electrons. The Bertz CT molecular complexity index is 484. The Morgan fingerprint density at radius 2 is 2.20 bits per heavy atom. The highest BCUT2D eigenvalue weighted by molar-refractivity contribution is 7.11. The fourth-order valence-electron chi connectivity index (χ4n) is 1.03. The third-order valence-corrected chi connectivity index (χ3v) is 2.67. The van der Waals surface area contributed by atoms with E-state index in [1.165, 1.54) is 17.5 Å². The van der Waals surface area contributed by atoms with Crippen LogP contribution >= 0.6 is 22.9 Å². The number of pyridine rings is 1. The van der Waals surface area contributed by atoms with E-state index < -0.39 is 0 Å². The first-order valence-corrected chi connectivity index (χ1v) is 5.36. The summed E-state index contributed by atoms with van der Waals surface area (Å²) in [4.78, 5) is 15.0. The normalized spacial score (nSPS) is 9.93. The Kier molecular flexibility index (Phi) is 2.99. The standard InChI is InChI=1S/C10H6ClNO2S/c11-7-1-8(4-12-3-7)14-9-2-10(5-13)15-6-9/h1-6H. The third kappa shape index (κ3) is 2.55. The third-order valence-electron chi connectivity index (χ3n) is 1.63. The van der Waals surface area contributed by atoms with E-state index in [2.05, 4.69) is 4.98 Å². The monoisotopic (exact) mass is 239 g/mol. The Morgan fingerprint density at radius 1 is 1.33 bits per heavy atom. The van der Waals surface area contributed by atoms with Gasteiger partial charge in [0.05, 0.1) is 16.1 Å². The van der Waals surface area contributed by atoms with Crippen LogP contribution in [-0.2, 0) is 0 Å². The molecule has 0 saturated carbocycles. The van der Waals surface area contributed by atoms with Gasteiger partial charge in [0.2, 0.25) is 0 Å². The van der Waals surface area contributed by atoms with Crippen LogP contribution in [0.15, 0.2) is 29.9 Å². The lowest BCUT2D eigenvalue weighted by molar-refractivity contribution is 0.112. The van der Waals surface area contributed by atoms with E-state index in [0.29, 0.717) is 21.4 Å². The zero-order valence-electron chi connectivity index (χ0n) is 7.51. The van der Waals surface area contributed by atoms with E-state index in [9.17, 15) is 4.79 Å². The van der Waals surface area contributed by atoms with Gasteiger partial charge in [-0.15, -0.1) is 11.3 Å². The molecule has 0 bridgehead atoms. The fourth-order valence-corrected chi connectivity index (χ4v) is 1.81. The Balaban J connectivity index is 2.18. The molecule has 0 aliphatic carbocycles. The highest BCUT2D eigenvalue weighted by atomic mass is 35.5. The van der Waals surface area contributed by atoms with Crippen LogP contribution < -0.4 is 4.74 Å². The lowest BCUT2D eigenvalue weighted by atomic mass is 10.4. The molecular weight excluding hydrogens is 234 g/mol. The first-order valence-electron chi connectivity index (χ1n) is 4.10. The molecule has 0 aliphatic heterocycles. The summed E-state index contributed by atoms with van der Waals surface area (Å²) in [6.45, 7) is 0. The number of hydrogen-bond acceptors (Lipinski definition) is 4. The molecule has 2 heterocycles. The van der Waals surface area contributed by atoms with Gasteiger partial charge < -0.3 is 4.74 Å². The molecule has 2 aromatic rings. The molecule has 0 aromatic carbocycles. The van der Waals surface area contributed by atoms with Gasteiger partial charge >= 0.3 is 0 Å². The summed E-state index contributed by atoms with van der Waals surface area (Å²) in [5.41, 5.74) is 0. The van der Waals surface area contributed by atoms with E-state index in [1.54, 1.807) is 23.7 Å². The molecule has 15 heavy (non-hydrogen) atoms. The minimum atomic E-state index is 0.512. The van der Waals surface area contributed by atoms with Crippen molar-refractivity contribution < 1.29 is 9.53 Å². The van der Waals surface area contributed by atoms with Crippen LogP contribution in [0.25, 0.3) is 0 Å². The van der Waals surface area contributed by atoms with Crippen molar-refractivity contribution in [2.75, 3.05) is 0 Å². The summed E-state index contributed by atoms with van der Waals surface area (Å²) in [5, 5.41) is 2.27. The Labute approximate surface area is 95.3 Å². The number of nitrogens with zero attached hydrogens (tertiary/aromatic N) is 1. The number of ether oxygens (including phenoxy) is 1. The van der Waals surface area contributed by atoms with Gasteiger partial charge in [-0.1, -0.05) is 11.6 Å². The van der Waals surface area contributed by atoms with Crippen molar-refractivity contribution in [1.82, 2.24) is 4.98 Å². The van der Waals surface area contributed by atoms with Crippen LogP contribution in [0.4, 0.5) is 0 Å². The largest absolute Gasteiger partial charge is 0.455 e. The summed E-state index contributed by atoms with van der Waals surface area (Å²) in [6, 6.07) is 3.32. The molecule has 0 aliphatic rings. The number of hydrogen-bond donors (Lipinski definition) is 0. The number of carbonyl (C=O) groups excluding carboxylic acids is 1. The average Bonchev–Trinajstić information content (AvgIpc) is 2.65. The molecule has 0 saturated heterocycles. The summed E-state index contributed by atoms with van der Waals surface area (Å²) in [7, 11) is 0. The fraction of sp³-hybridized carbons (Fsp3) is 0. The lowest BCUT2D eigenvalue weighted by Crippen LogP contribution is -1.82. The second-order valence-corrected chi connectivity index (χ2v) is 4.12. The summed E-state index contributed by atoms with van der Waals surface area (Å²) >= 11 is 7.07. The van der Waals surface area contributed by atoms with Gasteiger partial charge in [-0.25, -0.2) is 0 Å². The number of aldehydes is 1. The lowest BCUT2D eigenvalue weighted by Gasteiger charge is -2.01. The quantitative estimate of drug-likeness (QED) is 0.771. The van der Waals surface area contributed by atoms with Crippen molar-refractivity contribution in [2.24, 2.45) is 0 Å². The van der Waals surface area contributed by atoms with Gasteiger partial charge in [-0.3, -0.25) is 9.78 Å². The maximum Gasteiger partial charge on any atom is 0.160 e. The number of rotatable bonds is 3. The van der Waals surface area contributed by atoms with Crippen LogP contribution in [0.3, 0.4) is 0 Å². The minimum Gasteiger partial charge on any atom is -0.455 e. The zero-order valence-corrected chi connectivity index (χ0v) is 9.09. The van der Waals surface area contributed by atoms with Gasteiger partial charge in [0, 0.05) is 23.7 Å². The highest BCUT2D eigenvalue weighted by Crippen LogP contribution is 2.26. The molecule has 0 atom stereocenters. The number of halogens is 1. The minimum absolute atomic E-state index is 0.512. The van der Waals surface area contributed by atoms with Crippen molar-refractivity contribution in [1.29, 1.82) is 0 Å². The zero-order chi connectivity index (χ0) is 10.7. The maximum atomic E-state index is 10.4. The highest BCUT2D eigenvalue weighted by Gasteiger charge is 2.02. The van der Waals surface area contributed by atoms with Gasteiger partial charge in [-0.2, -0.15) is 0 Å². The predicted molar refractivity (Wildman–Crippen MR) is 59.0 cm³/mol. The maximum absolute atomic E-state index is 10.4. The van der Waals surface area contributed by atoms with Gasteiger partial charge in [0.1, 0.15) is 11.5 Å². The molecule has 0 fully saturated rings. The summed E-state index contributed by atoms with van der Waals surface area (Å²) in [5.74, 6) is 1.17. The molecule has 2 aromatic heterocycles. The van der Waals surface area contributed by atoms with Gasteiger partial charge in [-0.05, 0) is 0 Å². The predicted octanol–water partition coefficient (Wildman–Crippen LogP) is 3.40. The number of thiophene rings is 1. The van der Waals surface area contributed by atoms with E-state index in [0.717, 1.165) is 6.29 Å². The molecule has 0 spiro atoms. The molecule has 3 nitrogen and oxygen atoms in total. The van der Waals surface area contributed by atoms with Gasteiger partial charge in [0.15, 0.2) is 6.29 Å². The first-order chi connectivity index (χ1) is 7.28. The Hall–Kier alpha value is -1.39. The SMILES string of the molecule is O=Cc1cc(Oc2cncc(Cl)c2)cs1. The van der Waals surface area contributed by atoms with Gasteiger partial charge in [0.25, 0.3) is 0 Å². The first kappa shape index (κ1) is 10.1. The van der Waals surface area contributed by atoms with Crippen molar-refractivity contribution in [3.8, 4) is 11.5 Å². The number of aromatic nitrogens is 1. The molecular formula is C10H6ClNO2S. The van der Waals surface area contributed by atoms with Crippen molar-refractivity contribution >= 4 is 29.2 Å². The molecule has 0 N–H and O–H groups in total. The molecule has 0 amide bonds.